The summed E-state index contributed by atoms with van der Waals surface area (Å²) in [6, 6.07) is 14.0. The van der Waals surface area contributed by atoms with E-state index >= 15 is 0 Å². The Morgan fingerprint density at radius 2 is 1.66 bits per heavy atom. The molecule has 0 spiro atoms. The SMILES string of the molecule is CCCn1nc(C(=O)NNC(=O)c2ccc(CSC)cc2)c2ccccc2c1=O. The Morgan fingerprint density at radius 3 is 2.31 bits per heavy atom. The van der Waals surface area contributed by atoms with Crippen LogP contribution in [0, 0.1) is 0 Å². The third-order valence-corrected chi connectivity index (χ3v) is 4.96. The maximum Gasteiger partial charge on any atom is 0.290 e. The molecule has 150 valence electrons. The molecule has 0 bridgehead atoms. The van der Waals surface area contributed by atoms with E-state index in [1.165, 1.54) is 4.68 Å². The van der Waals surface area contributed by atoms with E-state index in [-0.39, 0.29) is 11.3 Å². The van der Waals surface area contributed by atoms with Crippen LogP contribution in [0.15, 0.2) is 53.3 Å². The summed E-state index contributed by atoms with van der Waals surface area (Å²) in [5, 5.41) is 5.07. The van der Waals surface area contributed by atoms with Crippen LogP contribution in [0.2, 0.25) is 0 Å². The number of carbonyl (C=O) groups excluding carboxylic acids is 2. The van der Waals surface area contributed by atoms with Gasteiger partial charge in [0.15, 0.2) is 5.69 Å². The van der Waals surface area contributed by atoms with Gasteiger partial charge in [0.25, 0.3) is 17.4 Å². The Balaban J connectivity index is 1.80. The fourth-order valence-corrected chi connectivity index (χ4v) is 3.46. The summed E-state index contributed by atoms with van der Waals surface area (Å²) in [7, 11) is 0. The van der Waals surface area contributed by atoms with Crippen LogP contribution in [-0.4, -0.2) is 27.9 Å². The maximum atomic E-state index is 12.7. The van der Waals surface area contributed by atoms with Gasteiger partial charge >= 0.3 is 0 Å². The quantitative estimate of drug-likeness (QED) is 0.610. The average molecular weight is 410 g/mol. The fraction of sp³-hybridized carbons (Fsp3) is 0.238. The van der Waals surface area contributed by atoms with Crippen LogP contribution in [0.4, 0.5) is 0 Å². The van der Waals surface area contributed by atoms with E-state index < -0.39 is 11.8 Å². The van der Waals surface area contributed by atoms with Crippen LogP contribution in [0.5, 0.6) is 0 Å². The number of carbonyl (C=O) groups is 2. The van der Waals surface area contributed by atoms with E-state index in [1.54, 1.807) is 48.2 Å². The number of amides is 2. The highest BCUT2D eigenvalue weighted by Gasteiger charge is 2.17. The predicted molar refractivity (Wildman–Crippen MR) is 115 cm³/mol. The first-order chi connectivity index (χ1) is 14.0. The smallest absolute Gasteiger partial charge is 0.267 e. The largest absolute Gasteiger partial charge is 0.290 e. The minimum atomic E-state index is -0.585. The number of hydrogen-bond donors (Lipinski definition) is 2. The van der Waals surface area contributed by atoms with Crippen LogP contribution in [-0.2, 0) is 12.3 Å². The monoisotopic (exact) mass is 410 g/mol. The molecule has 0 saturated carbocycles. The Kier molecular flexibility index (Phi) is 6.66. The highest BCUT2D eigenvalue weighted by atomic mass is 32.2. The van der Waals surface area contributed by atoms with Crippen LogP contribution in [0.3, 0.4) is 0 Å². The van der Waals surface area contributed by atoms with E-state index in [1.807, 2.05) is 25.3 Å². The standard InChI is InChI=1S/C21H22N4O3S/c1-3-12-25-21(28)17-7-5-4-6-16(17)18(24-25)20(27)23-22-19(26)15-10-8-14(9-11-15)13-29-2/h4-11H,3,12-13H2,1-2H3,(H,22,26)(H,23,27). The molecule has 0 atom stereocenters. The Morgan fingerprint density at radius 1 is 1.00 bits per heavy atom. The van der Waals surface area contributed by atoms with Crippen LogP contribution in [0.25, 0.3) is 10.8 Å². The van der Waals surface area contributed by atoms with Crippen LogP contribution < -0.4 is 16.4 Å². The molecule has 29 heavy (non-hydrogen) atoms. The van der Waals surface area contributed by atoms with Gasteiger partial charge in [0, 0.05) is 23.2 Å². The van der Waals surface area contributed by atoms with Crippen molar-refractivity contribution in [2.24, 2.45) is 0 Å². The molecule has 3 rings (SSSR count). The van der Waals surface area contributed by atoms with E-state index in [0.717, 1.165) is 11.3 Å². The summed E-state index contributed by atoms with van der Waals surface area (Å²) in [5.74, 6) is -0.149. The van der Waals surface area contributed by atoms with Crippen molar-refractivity contribution in [1.29, 1.82) is 0 Å². The summed E-state index contributed by atoms with van der Waals surface area (Å²) in [5.41, 5.74) is 6.20. The molecule has 0 unspecified atom stereocenters. The van der Waals surface area contributed by atoms with E-state index in [9.17, 15) is 14.4 Å². The van der Waals surface area contributed by atoms with Gasteiger partial charge in [-0.05, 0) is 36.4 Å². The second kappa shape index (κ2) is 9.38. The molecule has 3 aromatic rings. The number of benzene rings is 2. The number of hydrogen-bond acceptors (Lipinski definition) is 5. The molecule has 2 amide bonds. The lowest BCUT2D eigenvalue weighted by Crippen LogP contribution is -2.42. The first-order valence-electron chi connectivity index (χ1n) is 9.23. The van der Waals surface area contributed by atoms with E-state index in [2.05, 4.69) is 16.0 Å². The number of rotatable bonds is 6. The zero-order chi connectivity index (χ0) is 20.8. The van der Waals surface area contributed by atoms with Crippen molar-refractivity contribution < 1.29 is 9.59 Å². The molecule has 2 aromatic carbocycles. The zero-order valence-electron chi connectivity index (χ0n) is 16.3. The van der Waals surface area contributed by atoms with E-state index in [4.69, 9.17) is 0 Å². The first-order valence-corrected chi connectivity index (χ1v) is 10.6. The van der Waals surface area contributed by atoms with E-state index in [0.29, 0.717) is 29.3 Å². The summed E-state index contributed by atoms with van der Waals surface area (Å²) in [4.78, 5) is 37.5. The number of nitrogens with one attached hydrogen (secondary N) is 2. The first kappa shape index (κ1) is 20.6. The molecule has 8 heteroatoms. The number of thioether (sulfide) groups is 1. The summed E-state index contributed by atoms with van der Waals surface area (Å²) in [6.07, 6.45) is 2.72. The average Bonchev–Trinajstić information content (AvgIpc) is 2.74. The number of fused-ring (bicyclic) bond motifs is 1. The molecule has 0 aliphatic rings. The van der Waals surface area contributed by atoms with Gasteiger partial charge in [-0.15, -0.1) is 0 Å². The molecule has 1 aromatic heterocycles. The Bertz CT molecular complexity index is 1090. The molecule has 0 aliphatic carbocycles. The third-order valence-electron chi connectivity index (χ3n) is 4.33. The number of aryl methyl sites for hydroxylation is 1. The fourth-order valence-electron chi connectivity index (χ4n) is 2.93. The molecular formula is C21H22N4O3S. The normalized spacial score (nSPS) is 10.7. The van der Waals surface area contributed by atoms with Crippen molar-refractivity contribution in [3.8, 4) is 0 Å². The summed E-state index contributed by atoms with van der Waals surface area (Å²) < 4.78 is 1.28. The van der Waals surface area contributed by atoms with Gasteiger partial charge in [0.1, 0.15) is 0 Å². The van der Waals surface area contributed by atoms with Gasteiger partial charge in [0.2, 0.25) is 0 Å². The van der Waals surface area contributed by atoms with Crippen LogP contribution in [0.1, 0.15) is 39.8 Å². The third kappa shape index (κ3) is 4.65. The van der Waals surface area contributed by atoms with Gasteiger partial charge in [-0.25, -0.2) is 4.68 Å². The van der Waals surface area contributed by atoms with Crippen molar-refractivity contribution in [2.45, 2.75) is 25.6 Å². The second-order valence-corrected chi connectivity index (χ2v) is 7.33. The second-order valence-electron chi connectivity index (χ2n) is 6.46. The lowest BCUT2D eigenvalue weighted by molar-refractivity contribution is 0.0843. The van der Waals surface area contributed by atoms with Gasteiger partial charge in [-0.3, -0.25) is 25.2 Å². The highest BCUT2D eigenvalue weighted by Crippen LogP contribution is 2.13. The lowest BCUT2D eigenvalue weighted by atomic mass is 10.1. The van der Waals surface area contributed by atoms with Crippen molar-refractivity contribution in [1.82, 2.24) is 20.6 Å². The Labute approximate surface area is 172 Å². The van der Waals surface area contributed by atoms with Crippen molar-refractivity contribution in [2.75, 3.05) is 6.26 Å². The minimum absolute atomic E-state index is 0.0873. The van der Waals surface area contributed by atoms with Gasteiger partial charge in [-0.2, -0.15) is 16.9 Å². The minimum Gasteiger partial charge on any atom is -0.267 e. The highest BCUT2D eigenvalue weighted by molar-refractivity contribution is 7.97. The lowest BCUT2D eigenvalue weighted by Gasteiger charge is -2.11. The van der Waals surface area contributed by atoms with Crippen LogP contribution >= 0.6 is 11.8 Å². The summed E-state index contributed by atoms with van der Waals surface area (Å²) in [6.45, 7) is 2.33. The molecule has 0 fully saturated rings. The number of nitrogens with zero attached hydrogens (tertiary/aromatic N) is 2. The zero-order valence-corrected chi connectivity index (χ0v) is 17.1. The van der Waals surface area contributed by atoms with Crippen molar-refractivity contribution >= 4 is 34.3 Å². The number of aromatic nitrogens is 2. The van der Waals surface area contributed by atoms with Gasteiger partial charge in [-0.1, -0.05) is 37.3 Å². The molecule has 0 aliphatic heterocycles. The van der Waals surface area contributed by atoms with Crippen molar-refractivity contribution in [3.05, 3.63) is 75.7 Å². The summed E-state index contributed by atoms with van der Waals surface area (Å²) >= 11 is 1.70. The van der Waals surface area contributed by atoms with Gasteiger partial charge < -0.3 is 0 Å². The molecular weight excluding hydrogens is 388 g/mol. The molecule has 2 N–H and O–H groups in total. The molecule has 0 radical (unpaired) electrons. The molecule has 0 saturated heterocycles. The topological polar surface area (TPSA) is 93.1 Å². The van der Waals surface area contributed by atoms with Gasteiger partial charge in [0.05, 0.1) is 5.39 Å². The van der Waals surface area contributed by atoms with Crippen molar-refractivity contribution in [3.63, 3.8) is 0 Å². The molecule has 1 heterocycles. The maximum absolute atomic E-state index is 12.7. The molecule has 7 nitrogen and oxygen atoms in total. The Hall–Kier alpha value is -3.13. The number of hydrazine groups is 1. The predicted octanol–water partition coefficient (Wildman–Crippen LogP) is 2.74.